The first-order chi connectivity index (χ1) is 15.3. The lowest BCUT2D eigenvalue weighted by Crippen LogP contribution is -2.44. The van der Waals surface area contributed by atoms with Crippen LogP contribution in [-0.4, -0.2) is 56.9 Å². The second-order valence-electron chi connectivity index (χ2n) is 7.95. The Bertz CT molecular complexity index is 1090. The van der Waals surface area contributed by atoms with E-state index < -0.39 is 5.60 Å². The third-order valence-corrected chi connectivity index (χ3v) is 6.31. The van der Waals surface area contributed by atoms with Gasteiger partial charge in [-0.15, -0.1) is 0 Å². The molecule has 172 valence electrons. The largest absolute Gasteiger partial charge is 0.493 e. The Kier molecular flexibility index (Phi) is 5.46. The van der Waals surface area contributed by atoms with Crippen molar-refractivity contribution in [1.82, 2.24) is 0 Å². The van der Waals surface area contributed by atoms with Gasteiger partial charge in [0, 0.05) is 16.7 Å². The summed E-state index contributed by atoms with van der Waals surface area (Å²) in [4.78, 5) is 0. The van der Waals surface area contributed by atoms with Gasteiger partial charge in [-0.05, 0) is 37.0 Å². The average Bonchev–Trinajstić information content (AvgIpc) is 3.25. The lowest BCUT2D eigenvalue weighted by Gasteiger charge is -2.36. The van der Waals surface area contributed by atoms with Gasteiger partial charge in [0.2, 0.25) is 18.3 Å². The molecule has 0 amide bonds. The third kappa shape index (κ3) is 2.99. The molecule has 0 fully saturated rings. The van der Waals surface area contributed by atoms with Gasteiger partial charge in [0.1, 0.15) is 11.3 Å². The molecular weight excluding hydrogens is 418 g/mol. The number of ether oxygens (including phenoxy) is 6. The molecule has 9 nitrogen and oxygen atoms in total. The molecule has 2 aliphatic rings. The van der Waals surface area contributed by atoms with Crippen LogP contribution in [-0.2, 0) is 6.42 Å². The first-order valence-electron chi connectivity index (χ1n) is 10.1. The fourth-order valence-corrected chi connectivity index (χ4v) is 4.47. The van der Waals surface area contributed by atoms with Crippen LogP contribution < -0.4 is 28.4 Å². The maximum absolute atomic E-state index is 11.5. The van der Waals surface area contributed by atoms with Crippen LogP contribution in [0.5, 0.6) is 34.5 Å². The molecule has 0 spiro atoms. The highest BCUT2D eigenvalue weighted by atomic mass is 16.7. The van der Waals surface area contributed by atoms with E-state index in [0.717, 1.165) is 5.56 Å². The third-order valence-electron chi connectivity index (χ3n) is 6.31. The first-order valence-corrected chi connectivity index (χ1v) is 10.1. The van der Waals surface area contributed by atoms with Crippen molar-refractivity contribution in [3.63, 3.8) is 0 Å². The monoisotopic (exact) mass is 445 g/mol. The van der Waals surface area contributed by atoms with Crippen molar-refractivity contribution in [3.8, 4) is 45.6 Å². The highest BCUT2D eigenvalue weighted by molar-refractivity contribution is 6.13. The summed E-state index contributed by atoms with van der Waals surface area (Å²) >= 11 is 0. The molecule has 1 aliphatic heterocycles. The van der Waals surface area contributed by atoms with E-state index in [2.05, 4.69) is 5.16 Å². The molecule has 1 heterocycles. The summed E-state index contributed by atoms with van der Waals surface area (Å²) in [5.74, 6) is 2.20. The van der Waals surface area contributed by atoms with Gasteiger partial charge in [-0.1, -0.05) is 12.1 Å². The number of hydrogen-bond donors (Lipinski definition) is 2. The minimum absolute atomic E-state index is 0.0706. The molecule has 1 aliphatic carbocycles. The molecule has 0 bridgehead atoms. The molecule has 9 heteroatoms. The predicted octanol–water partition coefficient (Wildman–Crippen LogP) is 3.24. The number of nitrogens with zero attached hydrogens (tertiary/aromatic N) is 1. The molecule has 0 radical (unpaired) electrons. The van der Waals surface area contributed by atoms with Crippen molar-refractivity contribution in [3.05, 3.63) is 23.3 Å². The summed E-state index contributed by atoms with van der Waals surface area (Å²) in [6, 6.07) is 3.54. The van der Waals surface area contributed by atoms with Crippen LogP contribution in [0.25, 0.3) is 11.1 Å². The number of rotatable bonds is 4. The Morgan fingerprint density at radius 3 is 2.25 bits per heavy atom. The highest BCUT2D eigenvalue weighted by Crippen LogP contribution is 2.56. The summed E-state index contributed by atoms with van der Waals surface area (Å²) in [5, 5.41) is 25.0. The fourth-order valence-electron chi connectivity index (χ4n) is 4.47. The number of fused-ring (bicyclic) bond motifs is 4. The fraction of sp³-hybridized carbons (Fsp3) is 0.435. The van der Waals surface area contributed by atoms with E-state index in [4.69, 9.17) is 28.4 Å². The molecule has 0 aromatic heterocycles. The molecule has 32 heavy (non-hydrogen) atoms. The topological polar surface area (TPSA) is 108 Å². The Balaban J connectivity index is 2.23. The summed E-state index contributed by atoms with van der Waals surface area (Å²) in [7, 11) is 6.05. The molecule has 0 saturated heterocycles. The summed E-state index contributed by atoms with van der Waals surface area (Å²) in [6.07, 6.45) is 0.436. The van der Waals surface area contributed by atoms with Crippen LogP contribution >= 0.6 is 0 Å². The van der Waals surface area contributed by atoms with E-state index in [1.807, 2.05) is 13.0 Å². The Hall–Kier alpha value is -3.33. The van der Waals surface area contributed by atoms with E-state index in [9.17, 15) is 10.3 Å². The van der Waals surface area contributed by atoms with Gasteiger partial charge in [0.15, 0.2) is 23.0 Å². The van der Waals surface area contributed by atoms with Crippen LogP contribution in [0.1, 0.15) is 25.0 Å². The van der Waals surface area contributed by atoms with E-state index in [1.165, 1.54) is 21.3 Å². The maximum atomic E-state index is 11.5. The van der Waals surface area contributed by atoms with E-state index in [-0.39, 0.29) is 18.4 Å². The van der Waals surface area contributed by atoms with E-state index in [0.29, 0.717) is 57.6 Å². The van der Waals surface area contributed by atoms with Crippen molar-refractivity contribution in [2.24, 2.45) is 11.1 Å². The average molecular weight is 445 g/mol. The summed E-state index contributed by atoms with van der Waals surface area (Å²) in [5.41, 5.74) is 1.06. The van der Waals surface area contributed by atoms with Crippen LogP contribution in [0.3, 0.4) is 0 Å². The minimum atomic E-state index is -1.48. The molecule has 0 saturated carbocycles. The zero-order chi connectivity index (χ0) is 23.2. The lowest BCUT2D eigenvalue weighted by molar-refractivity contribution is 0.0712. The number of oxime groups is 1. The standard InChI is InChI=1S/C23H27NO8/c1-11-7-12-8-15-19(32-10-31-15)20(29-5)16(12)17-13(22(24-26)23(11,2)25)9-14(27-3)18(28-4)21(17)30-6/h8-9,11,25-26H,7,10H2,1-6H3/b24-22+/t11-,23+/m0/s1. The van der Waals surface area contributed by atoms with Gasteiger partial charge < -0.3 is 38.7 Å². The molecule has 2 aromatic carbocycles. The van der Waals surface area contributed by atoms with Gasteiger partial charge in [-0.3, -0.25) is 0 Å². The van der Waals surface area contributed by atoms with Gasteiger partial charge in [-0.25, -0.2) is 0 Å². The Morgan fingerprint density at radius 1 is 0.969 bits per heavy atom. The number of methoxy groups -OCH3 is 4. The lowest BCUT2D eigenvalue weighted by atomic mass is 9.73. The molecule has 2 atom stereocenters. The predicted molar refractivity (Wildman–Crippen MR) is 116 cm³/mol. The number of hydrogen-bond acceptors (Lipinski definition) is 9. The van der Waals surface area contributed by atoms with Gasteiger partial charge in [0.25, 0.3) is 0 Å². The second kappa shape index (κ2) is 7.98. The highest BCUT2D eigenvalue weighted by Gasteiger charge is 2.43. The van der Waals surface area contributed by atoms with Crippen molar-refractivity contribution < 1.29 is 38.7 Å². The second-order valence-corrected chi connectivity index (χ2v) is 7.95. The van der Waals surface area contributed by atoms with Crippen LogP contribution in [0, 0.1) is 5.92 Å². The van der Waals surface area contributed by atoms with Crippen LogP contribution in [0.15, 0.2) is 17.3 Å². The molecule has 2 N–H and O–H groups in total. The number of aliphatic hydroxyl groups is 1. The van der Waals surface area contributed by atoms with Crippen LogP contribution in [0.4, 0.5) is 0 Å². The molecule has 4 rings (SSSR count). The van der Waals surface area contributed by atoms with E-state index in [1.54, 1.807) is 20.1 Å². The normalized spacial score (nSPS) is 22.5. The van der Waals surface area contributed by atoms with E-state index >= 15 is 0 Å². The molecule has 2 aromatic rings. The number of benzene rings is 2. The van der Waals surface area contributed by atoms with Gasteiger partial charge in [-0.2, -0.15) is 0 Å². The maximum Gasteiger partial charge on any atom is 0.231 e. The SMILES string of the molecule is COc1cc2c(c(OC)c1OC)-c1c(cc3c(c1OC)OCO3)C[C@H](C)[C@@](C)(O)/C2=N/O. The van der Waals surface area contributed by atoms with Crippen molar-refractivity contribution in [2.75, 3.05) is 35.2 Å². The van der Waals surface area contributed by atoms with Crippen molar-refractivity contribution in [2.45, 2.75) is 25.9 Å². The quantitative estimate of drug-likeness (QED) is 0.546. The zero-order valence-corrected chi connectivity index (χ0v) is 18.9. The van der Waals surface area contributed by atoms with Crippen molar-refractivity contribution in [1.29, 1.82) is 0 Å². The summed E-state index contributed by atoms with van der Waals surface area (Å²) in [6.45, 7) is 3.57. The smallest absolute Gasteiger partial charge is 0.231 e. The minimum Gasteiger partial charge on any atom is -0.493 e. The Labute approximate surface area is 186 Å². The summed E-state index contributed by atoms with van der Waals surface area (Å²) < 4.78 is 34.0. The van der Waals surface area contributed by atoms with Gasteiger partial charge >= 0.3 is 0 Å². The molecular formula is C23H27NO8. The van der Waals surface area contributed by atoms with Gasteiger partial charge in [0.05, 0.1) is 28.4 Å². The first kappa shape index (κ1) is 21.9. The van der Waals surface area contributed by atoms with Crippen LogP contribution in [0.2, 0.25) is 0 Å². The zero-order valence-electron chi connectivity index (χ0n) is 18.9. The van der Waals surface area contributed by atoms with Crippen molar-refractivity contribution >= 4 is 5.71 Å². The molecule has 0 unspecified atom stereocenters. The Morgan fingerprint density at radius 2 is 1.66 bits per heavy atom.